The van der Waals surface area contributed by atoms with Crippen molar-refractivity contribution in [1.82, 2.24) is 15.2 Å². The molecule has 2 aromatic rings. The molecule has 2 amide bonds. The number of carbonyl (C=O) groups excluding carboxylic acids is 2. The summed E-state index contributed by atoms with van der Waals surface area (Å²) in [5, 5.41) is 3.93. The molecule has 0 bridgehead atoms. The molecule has 1 saturated carbocycles. The van der Waals surface area contributed by atoms with E-state index < -0.39 is 5.41 Å². The van der Waals surface area contributed by atoms with Crippen LogP contribution in [0.2, 0.25) is 5.02 Å². The van der Waals surface area contributed by atoms with Gasteiger partial charge < -0.3 is 15.2 Å². The molecule has 5 nitrogen and oxygen atoms in total. The molecule has 0 radical (unpaired) electrons. The van der Waals surface area contributed by atoms with Gasteiger partial charge in [-0.3, -0.25) is 9.59 Å². The van der Waals surface area contributed by atoms with Gasteiger partial charge in [0.2, 0.25) is 5.91 Å². The van der Waals surface area contributed by atoms with Gasteiger partial charge in [0.15, 0.2) is 0 Å². The number of nitrogens with one attached hydrogen (secondary N) is 2. The molecule has 1 aromatic carbocycles. The van der Waals surface area contributed by atoms with Crippen molar-refractivity contribution in [2.45, 2.75) is 45.1 Å². The van der Waals surface area contributed by atoms with Crippen LogP contribution in [0.4, 0.5) is 0 Å². The first-order valence-corrected chi connectivity index (χ1v) is 10.3. The van der Waals surface area contributed by atoms with Crippen LogP contribution < -0.4 is 5.32 Å². The molecule has 1 aromatic heterocycles. The maximum Gasteiger partial charge on any atom is 0.255 e. The van der Waals surface area contributed by atoms with Crippen molar-refractivity contribution in [3.8, 4) is 0 Å². The largest absolute Gasteiger partial charge is 0.365 e. The quantitative estimate of drug-likeness (QED) is 0.804. The number of hydrogen-bond donors (Lipinski definition) is 2. The van der Waals surface area contributed by atoms with Crippen molar-refractivity contribution in [1.29, 1.82) is 0 Å². The number of aromatic nitrogens is 1. The molecule has 2 N–H and O–H groups in total. The van der Waals surface area contributed by atoms with Crippen LogP contribution in [0.25, 0.3) is 0 Å². The van der Waals surface area contributed by atoms with E-state index in [0.717, 1.165) is 24.1 Å². The van der Waals surface area contributed by atoms with Crippen molar-refractivity contribution in [2.75, 3.05) is 13.1 Å². The average Bonchev–Trinajstić information content (AvgIpc) is 3.30. The van der Waals surface area contributed by atoms with Gasteiger partial charge in [-0.15, -0.1) is 0 Å². The third-order valence-corrected chi connectivity index (χ3v) is 6.34. The molecule has 28 heavy (non-hydrogen) atoms. The van der Waals surface area contributed by atoms with Crippen LogP contribution in [-0.2, 0) is 11.2 Å². The number of rotatable bonds is 5. The van der Waals surface area contributed by atoms with E-state index in [1.165, 1.54) is 12.8 Å². The summed E-state index contributed by atoms with van der Waals surface area (Å²) in [4.78, 5) is 30.9. The highest BCUT2D eigenvalue weighted by molar-refractivity contribution is 6.30. The zero-order valence-electron chi connectivity index (χ0n) is 16.1. The first kappa shape index (κ1) is 19.1. The van der Waals surface area contributed by atoms with Crippen molar-refractivity contribution in [3.63, 3.8) is 0 Å². The normalized spacial score (nSPS) is 18.7. The molecule has 1 saturated heterocycles. The number of halogens is 1. The molecule has 0 atom stereocenters. The molecule has 4 rings (SSSR count). The summed E-state index contributed by atoms with van der Waals surface area (Å²) in [5.41, 5.74) is 2.03. The van der Waals surface area contributed by atoms with Gasteiger partial charge in [-0.05, 0) is 49.9 Å². The lowest BCUT2D eigenvalue weighted by atomic mass is 9.73. The second-order valence-electron chi connectivity index (χ2n) is 8.22. The van der Waals surface area contributed by atoms with Gasteiger partial charge in [0.1, 0.15) is 0 Å². The lowest BCUT2D eigenvalue weighted by Gasteiger charge is -2.49. The number of hydrogen-bond acceptors (Lipinski definition) is 2. The number of H-pyrrole nitrogens is 1. The minimum Gasteiger partial charge on any atom is -0.365 e. The Morgan fingerprint density at radius 2 is 1.86 bits per heavy atom. The monoisotopic (exact) mass is 399 g/mol. The molecular weight excluding hydrogens is 374 g/mol. The molecular formula is C22H26ClN3O2. The summed E-state index contributed by atoms with van der Waals surface area (Å²) in [5.74, 6) is 0.0586. The molecule has 0 spiro atoms. The Labute approximate surface area is 170 Å². The highest BCUT2D eigenvalue weighted by atomic mass is 35.5. The maximum absolute atomic E-state index is 13.2. The average molecular weight is 400 g/mol. The number of carbonyl (C=O) groups is 2. The Hall–Kier alpha value is -2.27. The van der Waals surface area contributed by atoms with Gasteiger partial charge in [-0.2, -0.15) is 0 Å². The number of aromatic amines is 1. The minimum atomic E-state index is -0.573. The summed E-state index contributed by atoms with van der Waals surface area (Å²) in [6, 6.07) is 9.71. The molecule has 2 aliphatic rings. The van der Waals surface area contributed by atoms with Gasteiger partial charge >= 0.3 is 0 Å². The molecule has 2 fully saturated rings. The van der Waals surface area contributed by atoms with Crippen LogP contribution in [0.5, 0.6) is 0 Å². The summed E-state index contributed by atoms with van der Waals surface area (Å²) in [7, 11) is 0. The van der Waals surface area contributed by atoms with Crippen LogP contribution in [0, 0.1) is 12.3 Å². The molecule has 1 aliphatic heterocycles. The number of nitrogens with zero attached hydrogens (tertiary/aromatic N) is 1. The lowest BCUT2D eigenvalue weighted by Crippen LogP contribution is -2.66. The fraction of sp³-hybridized carbons (Fsp3) is 0.455. The predicted octanol–water partition coefficient (Wildman–Crippen LogP) is 3.72. The van der Waals surface area contributed by atoms with Crippen LogP contribution in [0.1, 0.15) is 47.3 Å². The Morgan fingerprint density at radius 3 is 2.46 bits per heavy atom. The van der Waals surface area contributed by atoms with Gasteiger partial charge in [0.25, 0.3) is 5.91 Å². The third kappa shape index (κ3) is 3.68. The summed E-state index contributed by atoms with van der Waals surface area (Å²) in [6.45, 7) is 2.77. The SMILES string of the molecule is Cc1[nH]ccc1C(=O)N1CC(Cc2ccc(Cl)cc2)(C(=O)NC2CCCC2)C1. The zero-order chi connectivity index (χ0) is 19.7. The van der Waals surface area contributed by atoms with Crippen molar-refractivity contribution in [3.05, 3.63) is 58.4 Å². The van der Waals surface area contributed by atoms with E-state index >= 15 is 0 Å². The van der Waals surface area contributed by atoms with Gasteiger partial charge in [-0.25, -0.2) is 0 Å². The van der Waals surface area contributed by atoms with Crippen LogP contribution in [-0.4, -0.2) is 40.8 Å². The fourth-order valence-corrected chi connectivity index (χ4v) is 4.55. The van der Waals surface area contributed by atoms with Gasteiger partial charge in [0.05, 0.1) is 11.0 Å². The molecule has 148 valence electrons. The van der Waals surface area contributed by atoms with Crippen molar-refractivity contribution in [2.24, 2.45) is 5.41 Å². The Kier molecular flexibility index (Phi) is 5.19. The number of aryl methyl sites for hydroxylation is 1. The maximum atomic E-state index is 13.2. The minimum absolute atomic E-state index is 0.0147. The van der Waals surface area contributed by atoms with Crippen LogP contribution >= 0.6 is 11.6 Å². The lowest BCUT2D eigenvalue weighted by molar-refractivity contribution is -0.140. The van der Waals surface area contributed by atoms with E-state index in [-0.39, 0.29) is 17.9 Å². The Bertz CT molecular complexity index is 862. The van der Waals surface area contributed by atoms with Crippen molar-refractivity contribution < 1.29 is 9.59 Å². The smallest absolute Gasteiger partial charge is 0.255 e. The first-order chi connectivity index (χ1) is 13.5. The summed E-state index contributed by atoms with van der Waals surface area (Å²) >= 11 is 6.01. The number of benzene rings is 1. The predicted molar refractivity (Wildman–Crippen MR) is 109 cm³/mol. The molecule has 2 heterocycles. The number of amides is 2. The highest BCUT2D eigenvalue weighted by Crippen LogP contribution is 2.37. The Morgan fingerprint density at radius 1 is 1.18 bits per heavy atom. The molecule has 0 unspecified atom stereocenters. The van der Waals surface area contributed by atoms with Gasteiger partial charge in [-0.1, -0.05) is 36.6 Å². The van der Waals surface area contributed by atoms with E-state index in [2.05, 4.69) is 10.3 Å². The second kappa shape index (κ2) is 7.63. The van der Waals surface area contributed by atoms with E-state index in [9.17, 15) is 9.59 Å². The van der Waals surface area contributed by atoms with Gasteiger partial charge in [0, 0.05) is 36.0 Å². The van der Waals surface area contributed by atoms with E-state index in [1.54, 1.807) is 17.2 Å². The molecule has 1 aliphatic carbocycles. The van der Waals surface area contributed by atoms with E-state index in [1.807, 2.05) is 31.2 Å². The molecule has 6 heteroatoms. The topological polar surface area (TPSA) is 65.2 Å². The highest BCUT2D eigenvalue weighted by Gasteiger charge is 2.51. The van der Waals surface area contributed by atoms with Crippen LogP contribution in [0.15, 0.2) is 36.5 Å². The fourth-order valence-electron chi connectivity index (χ4n) is 4.42. The number of likely N-dealkylation sites (tertiary alicyclic amines) is 1. The standard InChI is InChI=1S/C22H26ClN3O2/c1-15-19(10-11-24-15)20(27)26-13-22(14-26,12-16-6-8-17(23)9-7-16)21(28)25-18-4-2-3-5-18/h6-11,18,24H,2-5,12-14H2,1H3,(H,25,28). The van der Waals surface area contributed by atoms with E-state index in [0.29, 0.717) is 30.1 Å². The second-order valence-corrected chi connectivity index (χ2v) is 8.65. The van der Waals surface area contributed by atoms with E-state index in [4.69, 9.17) is 11.6 Å². The summed E-state index contributed by atoms with van der Waals surface area (Å²) in [6.07, 6.45) is 6.83. The first-order valence-electron chi connectivity index (χ1n) is 9.95. The van der Waals surface area contributed by atoms with Crippen LogP contribution in [0.3, 0.4) is 0 Å². The summed E-state index contributed by atoms with van der Waals surface area (Å²) < 4.78 is 0. The Balaban J connectivity index is 1.51. The third-order valence-electron chi connectivity index (χ3n) is 6.09. The zero-order valence-corrected chi connectivity index (χ0v) is 16.9. The van der Waals surface area contributed by atoms with Crippen molar-refractivity contribution >= 4 is 23.4 Å².